The first-order valence-corrected chi connectivity index (χ1v) is 16.5. The Labute approximate surface area is 296 Å². The first-order chi connectivity index (χ1) is 16.5. The Morgan fingerprint density at radius 2 is 0.341 bits per heavy atom. The van der Waals surface area contributed by atoms with Crippen molar-refractivity contribution in [3.8, 4) is 0 Å². The summed E-state index contributed by atoms with van der Waals surface area (Å²) in [5.74, 6) is 5.28. The van der Waals surface area contributed by atoms with Crippen LogP contribution in [0.4, 0.5) is 0 Å². The van der Waals surface area contributed by atoms with Crippen LogP contribution < -0.4 is 0 Å². The van der Waals surface area contributed by atoms with Gasteiger partial charge in [0, 0.05) is 0 Å². The molecule has 0 spiro atoms. The highest BCUT2D eigenvalue weighted by molar-refractivity contribution is 4.44. The van der Waals surface area contributed by atoms with Crippen molar-refractivity contribution in [1.82, 2.24) is 0 Å². The fourth-order valence-electron chi connectivity index (χ4n) is 2.45. The lowest BCUT2D eigenvalue weighted by molar-refractivity contribution is 0.550. The van der Waals surface area contributed by atoms with Crippen LogP contribution in [-0.2, 0) is 0 Å². The summed E-state index contributed by atoms with van der Waals surface area (Å²) < 4.78 is 0. The Kier molecular flexibility index (Phi) is 173. The van der Waals surface area contributed by atoms with Gasteiger partial charge in [-0.15, -0.1) is 0 Å². The Morgan fingerprint density at radius 1 is 0.250 bits per heavy atom. The quantitative estimate of drug-likeness (QED) is 0.198. The molecule has 0 aromatic rings. The van der Waals surface area contributed by atoms with E-state index in [2.05, 4.69) is 125 Å². The van der Waals surface area contributed by atoms with Crippen LogP contribution >= 0.6 is 0 Å². The van der Waals surface area contributed by atoms with E-state index < -0.39 is 0 Å². The van der Waals surface area contributed by atoms with Crippen LogP contribution in [0.25, 0.3) is 0 Å². The van der Waals surface area contributed by atoms with Gasteiger partial charge < -0.3 is 0 Å². The van der Waals surface area contributed by atoms with E-state index >= 15 is 0 Å². The highest BCUT2D eigenvalue weighted by atomic mass is 14.0. The van der Waals surface area contributed by atoms with Crippen LogP contribution in [0, 0.1) is 35.5 Å². The van der Waals surface area contributed by atoms with Crippen LogP contribution in [0.15, 0.2) is 0 Å². The fraction of sp³-hybridized carbons (Fsp3) is 1.00. The molecule has 0 N–H and O–H groups in total. The van der Waals surface area contributed by atoms with Gasteiger partial charge in [0.1, 0.15) is 0 Å². The van der Waals surface area contributed by atoms with Gasteiger partial charge in [-0.2, -0.15) is 0 Å². The number of hydrogen-bond acceptors (Lipinski definition) is 0. The SMILES string of the molecule is C.C.C.C.C.C.C.C.CC(C)C.CC(C)C.CCCCC(C)C.CCCCC(C)C.CCCCC(C)C.CCCCC(C)C. The second-order valence-electron chi connectivity index (χ2n) is 13.6. The highest BCUT2D eigenvalue weighted by Crippen LogP contribution is 2.06. The van der Waals surface area contributed by atoms with Crippen LogP contribution in [0.3, 0.4) is 0 Å². The van der Waals surface area contributed by atoms with Crippen molar-refractivity contribution in [2.24, 2.45) is 35.5 Å². The minimum absolute atomic E-state index is 0. The summed E-state index contributed by atoms with van der Waals surface area (Å²) in [6.45, 7) is 40.1. The number of unbranched alkanes of at least 4 members (excludes halogenated alkanes) is 4. The zero-order valence-corrected chi connectivity index (χ0v) is 29.9. The lowest BCUT2D eigenvalue weighted by atomic mass is 10.1. The maximum atomic E-state index is 2.27. The molecule has 0 aliphatic heterocycles. The molecule has 0 radical (unpaired) electrons. The van der Waals surface area contributed by atoms with Gasteiger partial charge in [0.05, 0.1) is 0 Å². The summed E-state index contributed by atoms with van der Waals surface area (Å²) >= 11 is 0. The summed E-state index contributed by atoms with van der Waals surface area (Å²) in [5, 5.41) is 0. The summed E-state index contributed by atoms with van der Waals surface area (Å²) in [6, 6.07) is 0. The molecule has 0 aromatic heterocycles. The third kappa shape index (κ3) is 276. The summed E-state index contributed by atoms with van der Waals surface area (Å²) in [7, 11) is 0. The van der Waals surface area contributed by atoms with Crippen LogP contribution in [0.5, 0.6) is 0 Å². The van der Waals surface area contributed by atoms with E-state index in [0.717, 1.165) is 35.5 Å². The zero-order valence-electron chi connectivity index (χ0n) is 29.9. The largest absolute Gasteiger partial charge is 0.0776 e. The molecule has 0 heteroatoms. The van der Waals surface area contributed by atoms with Crippen LogP contribution in [0.1, 0.15) is 261 Å². The molecule has 0 saturated heterocycles. The lowest BCUT2D eigenvalue weighted by Crippen LogP contribution is -1.83. The fourth-order valence-corrected chi connectivity index (χ4v) is 2.45. The third-order valence-electron chi connectivity index (χ3n) is 4.54. The average Bonchev–Trinajstić information content (AvgIpc) is 2.73. The van der Waals surface area contributed by atoms with E-state index in [4.69, 9.17) is 0 Å². The minimum Gasteiger partial charge on any atom is -0.0776 e. The van der Waals surface area contributed by atoms with Crippen molar-refractivity contribution in [2.45, 2.75) is 261 Å². The molecular weight excluding hydrogens is 528 g/mol. The van der Waals surface area contributed by atoms with Gasteiger partial charge >= 0.3 is 0 Å². The Hall–Kier alpha value is 0. The monoisotopic (exact) mass is 645 g/mol. The Morgan fingerprint density at radius 3 is 0.364 bits per heavy atom. The van der Waals surface area contributed by atoms with Crippen molar-refractivity contribution < 1.29 is 0 Å². The normalized spacial score (nSPS) is 8.18. The maximum Gasteiger partial charge on any atom is -0.0471 e. The molecule has 0 aliphatic carbocycles. The molecular formula is C44H116. The predicted molar refractivity (Wildman–Crippen MR) is 232 cm³/mol. The minimum atomic E-state index is 0. The van der Waals surface area contributed by atoms with Crippen molar-refractivity contribution in [3.63, 3.8) is 0 Å². The lowest BCUT2D eigenvalue weighted by Gasteiger charge is -1.98. The molecule has 0 amide bonds. The Bertz CT molecular complexity index is 223. The number of rotatable bonds is 12. The second-order valence-corrected chi connectivity index (χ2v) is 13.6. The second kappa shape index (κ2) is 84.3. The topological polar surface area (TPSA) is 0 Å². The average molecular weight is 645 g/mol. The summed E-state index contributed by atoms with van der Waals surface area (Å²) in [4.78, 5) is 0. The van der Waals surface area contributed by atoms with Gasteiger partial charge in [0.2, 0.25) is 0 Å². The smallest absolute Gasteiger partial charge is 0.0471 e. The molecule has 0 saturated carbocycles. The molecule has 292 valence electrons. The molecule has 0 atom stereocenters. The molecule has 0 aromatic carbocycles. The number of hydrogen-bond donors (Lipinski definition) is 0. The Balaban J connectivity index is -0.0000000200. The molecule has 0 fully saturated rings. The van der Waals surface area contributed by atoms with Gasteiger partial charge in [-0.3, -0.25) is 0 Å². The van der Waals surface area contributed by atoms with E-state index in [1.54, 1.807) is 0 Å². The predicted octanol–water partition coefficient (Wildman–Crippen LogP) is 19.7. The van der Waals surface area contributed by atoms with Gasteiger partial charge in [-0.05, 0) is 35.5 Å². The van der Waals surface area contributed by atoms with Gasteiger partial charge in [-0.25, -0.2) is 0 Å². The van der Waals surface area contributed by atoms with Crippen molar-refractivity contribution in [1.29, 1.82) is 0 Å². The molecule has 0 bridgehead atoms. The zero-order chi connectivity index (χ0) is 29.9. The first kappa shape index (κ1) is 90.4. The highest BCUT2D eigenvalue weighted by Gasteiger charge is 1.90. The van der Waals surface area contributed by atoms with Crippen molar-refractivity contribution in [2.75, 3.05) is 0 Å². The molecule has 0 heterocycles. The third-order valence-corrected chi connectivity index (χ3v) is 4.54. The molecule has 0 unspecified atom stereocenters. The van der Waals surface area contributed by atoms with E-state index in [-0.39, 0.29) is 59.4 Å². The van der Waals surface area contributed by atoms with Crippen molar-refractivity contribution in [3.05, 3.63) is 0 Å². The maximum absolute atomic E-state index is 2.27. The first-order valence-electron chi connectivity index (χ1n) is 16.5. The van der Waals surface area contributed by atoms with Crippen molar-refractivity contribution >= 4 is 0 Å². The summed E-state index contributed by atoms with van der Waals surface area (Å²) in [6.07, 6.45) is 16.6. The summed E-state index contributed by atoms with van der Waals surface area (Å²) in [5.41, 5.74) is 0. The molecule has 0 aliphatic rings. The van der Waals surface area contributed by atoms with E-state index in [0.29, 0.717) is 0 Å². The van der Waals surface area contributed by atoms with E-state index in [1.807, 2.05) is 0 Å². The van der Waals surface area contributed by atoms with Gasteiger partial charge in [-0.1, -0.05) is 261 Å². The molecule has 0 nitrogen and oxygen atoms in total. The molecule has 0 rings (SSSR count). The van der Waals surface area contributed by atoms with Crippen LogP contribution in [0.2, 0.25) is 0 Å². The van der Waals surface area contributed by atoms with Gasteiger partial charge in [0.25, 0.3) is 0 Å². The van der Waals surface area contributed by atoms with E-state index in [9.17, 15) is 0 Å². The van der Waals surface area contributed by atoms with Gasteiger partial charge in [0.15, 0.2) is 0 Å². The van der Waals surface area contributed by atoms with Crippen LogP contribution in [-0.4, -0.2) is 0 Å². The molecule has 44 heavy (non-hydrogen) atoms. The standard InChI is InChI=1S/4C7H16.2C4H10.8CH4/c4*1-4-5-6-7(2)3;2*1-4(2)3;;;;;;;;/h4*7H,4-6H2,1-3H3;2*4H,1-3H3;8*1H4. The van der Waals surface area contributed by atoms with E-state index in [1.165, 1.54) is 77.0 Å².